The molecule has 0 spiro atoms. The molecule has 1 fully saturated rings. The molecule has 0 unspecified atom stereocenters. The zero-order chi connectivity index (χ0) is 23.9. The van der Waals surface area contributed by atoms with E-state index in [1.807, 2.05) is 41.3 Å². The molecule has 176 valence electrons. The van der Waals surface area contributed by atoms with Crippen molar-refractivity contribution in [3.05, 3.63) is 95.8 Å². The van der Waals surface area contributed by atoms with Crippen LogP contribution in [0.5, 0.6) is 5.75 Å². The standard InChI is InChI=1S/C27H30N4O3/c1-28-25(32)16-23-19-30(27(33)22-15-24(34-2)18-29-17-22)13-14-31(23)26(20-9-5-3-6-10-20)21-11-7-4-8-12-21/h3-12,15,17-18,23,26H,13-14,16,19H2,1-2H3,(H,28,32)/t23-/m1/s1. The Morgan fingerprint density at radius 2 is 1.68 bits per heavy atom. The fourth-order valence-corrected chi connectivity index (χ4v) is 4.57. The number of benzene rings is 2. The third-order valence-electron chi connectivity index (χ3n) is 6.27. The number of aromatic nitrogens is 1. The van der Waals surface area contributed by atoms with Crippen LogP contribution in [0.1, 0.15) is 33.9 Å². The lowest BCUT2D eigenvalue weighted by atomic mass is 9.93. The van der Waals surface area contributed by atoms with Crippen molar-refractivity contribution in [2.24, 2.45) is 0 Å². The Balaban J connectivity index is 1.65. The molecule has 2 aromatic carbocycles. The Morgan fingerprint density at radius 1 is 1.03 bits per heavy atom. The summed E-state index contributed by atoms with van der Waals surface area (Å²) in [5.41, 5.74) is 2.80. The molecule has 7 nitrogen and oxygen atoms in total. The van der Waals surface area contributed by atoms with Gasteiger partial charge in [0.2, 0.25) is 5.91 Å². The molecule has 1 atom stereocenters. The highest BCUT2D eigenvalue weighted by Gasteiger charge is 2.36. The van der Waals surface area contributed by atoms with Crippen molar-refractivity contribution in [1.29, 1.82) is 0 Å². The largest absolute Gasteiger partial charge is 0.495 e. The minimum atomic E-state index is -0.151. The van der Waals surface area contributed by atoms with Gasteiger partial charge in [-0.1, -0.05) is 60.7 Å². The summed E-state index contributed by atoms with van der Waals surface area (Å²) < 4.78 is 5.23. The molecule has 0 saturated carbocycles. The van der Waals surface area contributed by atoms with Gasteiger partial charge in [0.05, 0.1) is 24.9 Å². The Morgan fingerprint density at radius 3 is 2.26 bits per heavy atom. The summed E-state index contributed by atoms with van der Waals surface area (Å²) >= 11 is 0. The number of hydrogen-bond acceptors (Lipinski definition) is 5. The Kier molecular flexibility index (Phi) is 7.54. The van der Waals surface area contributed by atoms with Gasteiger partial charge in [0.1, 0.15) is 5.75 Å². The second-order valence-electron chi connectivity index (χ2n) is 8.36. The van der Waals surface area contributed by atoms with Crippen molar-refractivity contribution in [3.63, 3.8) is 0 Å². The summed E-state index contributed by atoms with van der Waals surface area (Å²) in [4.78, 5) is 34.1. The van der Waals surface area contributed by atoms with Crippen LogP contribution in [0.3, 0.4) is 0 Å². The molecule has 1 saturated heterocycles. The van der Waals surface area contributed by atoms with E-state index in [0.717, 1.165) is 11.1 Å². The maximum absolute atomic E-state index is 13.3. The minimum absolute atomic E-state index is 0.0206. The van der Waals surface area contributed by atoms with Gasteiger partial charge in [0, 0.05) is 45.3 Å². The van der Waals surface area contributed by atoms with Crippen molar-refractivity contribution in [2.45, 2.75) is 18.5 Å². The number of rotatable bonds is 7. The van der Waals surface area contributed by atoms with Crippen molar-refractivity contribution >= 4 is 11.8 Å². The lowest BCUT2D eigenvalue weighted by molar-refractivity contribution is -0.122. The average molecular weight is 459 g/mol. The maximum Gasteiger partial charge on any atom is 0.255 e. The predicted octanol–water partition coefficient (Wildman–Crippen LogP) is 3.14. The van der Waals surface area contributed by atoms with E-state index in [9.17, 15) is 9.59 Å². The van der Waals surface area contributed by atoms with E-state index in [2.05, 4.69) is 39.5 Å². The number of pyridine rings is 1. The Labute approximate surface area is 200 Å². The summed E-state index contributed by atoms with van der Waals surface area (Å²) in [6.07, 6.45) is 3.43. The quantitative estimate of drug-likeness (QED) is 0.589. The van der Waals surface area contributed by atoms with E-state index >= 15 is 0 Å². The van der Waals surface area contributed by atoms with Crippen molar-refractivity contribution in [2.75, 3.05) is 33.8 Å². The summed E-state index contributed by atoms with van der Waals surface area (Å²) in [6, 6.07) is 22.2. The predicted molar refractivity (Wildman–Crippen MR) is 131 cm³/mol. The molecule has 1 aliphatic heterocycles. The second-order valence-corrected chi connectivity index (χ2v) is 8.36. The summed E-state index contributed by atoms with van der Waals surface area (Å²) in [7, 11) is 3.20. The number of piperazine rings is 1. The van der Waals surface area contributed by atoms with E-state index in [1.54, 1.807) is 32.6 Å². The van der Waals surface area contributed by atoms with E-state index in [1.165, 1.54) is 0 Å². The van der Waals surface area contributed by atoms with Crippen LogP contribution in [-0.2, 0) is 4.79 Å². The van der Waals surface area contributed by atoms with Crippen LogP contribution in [0.25, 0.3) is 0 Å². The monoisotopic (exact) mass is 458 g/mol. The SMILES string of the molecule is CNC(=O)C[C@@H]1CN(C(=O)c2cncc(OC)c2)CCN1C(c1ccccc1)c1ccccc1. The van der Waals surface area contributed by atoms with Gasteiger partial charge in [0.25, 0.3) is 5.91 Å². The number of carbonyl (C=O) groups excluding carboxylic acids is 2. The normalized spacial score (nSPS) is 16.3. The molecule has 34 heavy (non-hydrogen) atoms. The third-order valence-corrected chi connectivity index (χ3v) is 6.27. The highest BCUT2D eigenvalue weighted by molar-refractivity contribution is 5.94. The molecule has 3 aromatic rings. The van der Waals surface area contributed by atoms with Crippen LogP contribution in [0.2, 0.25) is 0 Å². The van der Waals surface area contributed by atoms with Crippen molar-refractivity contribution in [3.8, 4) is 5.75 Å². The Bertz CT molecular complexity index is 1070. The molecule has 2 heterocycles. The number of hydrogen-bond donors (Lipinski definition) is 1. The molecular weight excluding hydrogens is 428 g/mol. The smallest absolute Gasteiger partial charge is 0.255 e. The molecule has 0 bridgehead atoms. The van der Waals surface area contributed by atoms with Crippen LogP contribution in [0, 0.1) is 0 Å². The zero-order valence-electron chi connectivity index (χ0n) is 19.6. The number of ether oxygens (including phenoxy) is 1. The number of methoxy groups -OCH3 is 1. The number of carbonyl (C=O) groups is 2. The summed E-state index contributed by atoms with van der Waals surface area (Å²) in [6.45, 7) is 1.63. The van der Waals surface area contributed by atoms with E-state index < -0.39 is 0 Å². The van der Waals surface area contributed by atoms with Gasteiger partial charge < -0.3 is 15.0 Å². The van der Waals surface area contributed by atoms with Gasteiger partial charge in [-0.3, -0.25) is 19.5 Å². The van der Waals surface area contributed by atoms with Gasteiger partial charge >= 0.3 is 0 Å². The topological polar surface area (TPSA) is 74.8 Å². The van der Waals surface area contributed by atoms with Crippen LogP contribution in [0.4, 0.5) is 0 Å². The van der Waals surface area contributed by atoms with Gasteiger partial charge in [-0.05, 0) is 17.2 Å². The number of nitrogens with one attached hydrogen (secondary N) is 1. The highest BCUT2D eigenvalue weighted by atomic mass is 16.5. The minimum Gasteiger partial charge on any atom is -0.495 e. The fraction of sp³-hybridized carbons (Fsp3) is 0.296. The summed E-state index contributed by atoms with van der Waals surface area (Å²) in [5.74, 6) is 0.385. The zero-order valence-corrected chi connectivity index (χ0v) is 19.6. The van der Waals surface area contributed by atoms with Gasteiger partial charge in [0.15, 0.2) is 0 Å². The van der Waals surface area contributed by atoms with Crippen LogP contribution < -0.4 is 10.1 Å². The lowest BCUT2D eigenvalue weighted by Crippen LogP contribution is -2.56. The first-order chi connectivity index (χ1) is 16.6. The van der Waals surface area contributed by atoms with Crippen LogP contribution in [0.15, 0.2) is 79.1 Å². The lowest BCUT2D eigenvalue weighted by Gasteiger charge is -2.45. The van der Waals surface area contributed by atoms with Crippen LogP contribution >= 0.6 is 0 Å². The number of amides is 2. The van der Waals surface area contributed by atoms with Gasteiger partial charge in [-0.2, -0.15) is 0 Å². The molecule has 1 aliphatic rings. The second kappa shape index (κ2) is 10.9. The van der Waals surface area contributed by atoms with E-state index in [4.69, 9.17) is 4.74 Å². The van der Waals surface area contributed by atoms with Gasteiger partial charge in [-0.15, -0.1) is 0 Å². The molecule has 0 radical (unpaired) electrons. The fourth-order valence-electron chi connectivity index (χ4n) is 4.57. The van der Waals surface area contributed by atoms with Gasteiger partial charge in [-0.25, -0.2) is 0 Å². The molecule has 2 amide bonds. The molecule has 7 heteroatoms. The Hall–Kier alpha value is -3.71. The van der Waals surface area contributed by atoms with Crippen molar-refractivity contribution < 1.29 is 14.3 Å². The van der Waals surface area contributed by atoms with E-state index in [0.29, 0.717) is 37.4 Å². The molecule has 1 N–H and O–H groups in total. The first-order valence-corrected chi connectivity index (χ1v) is 11.4. The highest BCUT2D eigenvalue weighted by Crippen LogP contribution is 2.33. The first kappa shape index (κ1) is 23.4. The molecule has 0 aliphatic carbocycles. The average Bonchev–Trinajstić information content (AvgIpc) is 2.90. The molecule has 4 rings (SSSR count). The molecule has 1 aromatic heterocycles. The summed E-state index contributed by atoms with van der Waals surface area (Å²) in [5, 5.41) is 2.75. The van der Waals surface area contributed by atoms with Crippen LogP contribution in [-0.4, -0.2) is 66.4 Å². The first-order valence-electron chi connectivity index (χ1n) is 11.4. The number of nitrogens with zero attached hydrogens (tertiary/aromatic N) is 3. The van der Waals surface area contributed by atoms with Crippen molar-refractivity contribution in [1.82, 2.24) is 20.1 Å². The molecular formula is C27H30N4O3. The van der Waals surface area contributed by atoms with E-state index in [-0.39, 0.29) is 23.9 Å². The third kappa shape index (κ3) is 5.26. The maximum atomic E-state index is 13.3.